The highest BCUT2D eigenvalue weighted by Crippen LogP contribution is 2.10. The molecule has 0 amide bonds. The van der Waals surface area contributed by atoms with E-state index in [2.05, 4.69) is 5.32 Å². The van der Waals surface area contributed by atoms with Crippen LogP contribution in [-0.2, 0) is 0 Å². The van der Waals surface area contributed by atoms with Crippen molar-refractivity contribution in [1.82, 2.24) is 0 Å². The summed E-state index contributed by atoms with van der Waals surface area (Å²) < 4.78 is 11.5. The molecule has 0 atom stereocenters. The van der Waals surface area contributed by atoms with Gasteiger partial charge in [0.25, 0.3) is 0 Å². The van der Waals surface area contributed by atoms with Crippen LogP contribution in [0.2, 0.25) is 0 Å². The summed E-state index contributed by atoms with van der Waals surface area (Å²) in [6.07, 6.45) is 0. The van der Waals surface area contributed by atoms with Crippen LogP contribution in [0.25, 0.3) is 0 Å². The van der Waals surface area contributed by atoms with Crippen molar-refractivity contribution in [1.29, 1.82) is 0 Å². The zero-order chi connectivity index (χ0) is 6.53. The number of hydrogen-bond donors (Lipinski definition) is 1. The molecule has 1 aromatic rings. The highest BCUT2D eigenvalue weighted by Gasteiger charge is 1.87. The molecule has 1 N–H and O–H groups in total. The van der Waals surface area contributed by atoms with Crippen molar-refractivity contribution in [2.75, 3.05) is 18.5 Å². The molecule has 0 fully saturated rings. The fraction of sp³-hybridized carbons (Fsp3) is 0.333. The third-order valence-corrected chi connectivity index (χ3v) is 1.63. The molecule has 0 radical (unpaired) electrons. The highest BCUT2D eigenvalue weighted by atomic mass is 32.1. The van der Waals surface area contributed by atoms with Crippen molar-refractivity contribution < 1.29 is 4.39 Å². The zero-order valence-corrected chi connectivity index (χ0v) is 5.75. The summed E-state index contributed by atoms with van der Waals surface area (Å²) >= 11 is 1.61. The topological polar surface area (TPSA) is 12.0 Å². The largest absolute Gasteiger partial charge is 0.382 e. The zero-order valence-electron chi connectivity index (χ0n) is 4.93. The molecule has 3 heteroatoms. The Labute approximate surface area is 57.5 Å². The summed E-state index contributed by atoms with van der Waals surface area (Å²) in [4.78, 5) is 0. The predicted molar refractivity (Wildman–Crippen MR) is 38.8 cm³/mol. The second-order valence-corrected chi connectivity index (χ2v) is 2.41. The summed E-state index contributed by atoms with van der Waals surface area (Å²) in [5.74, 6) is 0. The molecule has 1 heterocycles. The minimum absolute atomic E-state index is 0.310. The number of anilines is 1. The molecule has 0 aromatic carbocycles. The molecule has 0 aliphatic rings. The van der Waals surface area contributed by atoms with Gasteiger partial charge in [0.1, 0.15) is 6.67 Å². The molecule has 1 rings (SSSR count). The van der Waals surface area contributed by atoms with Crippen LogP contribution in [0.5, 0.6) is 0 Å². The second-order valence-electron chi connectivity index (χ2n) is 1.63. The molecule has 1 aromatic heterocycles. The maximum absolute atomic E-state index is 11.5. The molecule has 1 nitrogen and oxygen atoms in total. The Hall–Kier alpha value is -0.570. The Morgan fingerprint density at radius 3 is 3.11 bits per heavy atom. The van der Waals surface area contributed by atoms with Crippen molar-refractivity contribution >= 4 is 17.0 Å². The molecule has 0 aliphatic carbocycles. The van der Waals surface area contributed by atoms with E-state index >= 15 is 0 Å². The van der Waals surface area contributed by atoms with Crippen LogP contribution in [-0.4, -0.2) is 13.2 Å². The highest BCUT2D eigenvalue weighted by molar-refractivity contribution is 7.08. The van der Waals surface area contributed by atoms with Crippen LogP contribution in [0.3, 0.4) is 0 Å². The van der Waals surface area contributed by atoms with Crippen LogP contribution in [0, 0.1) is 0 Å². The molecular formula is C6H8FNS. The van der Waals surface area contributed by atoms with Gasteiger partial charge in [-0.05, 0) is 11.4 Å². The normalized spacial score (nSPS) is 9.44. The Bertz CT molecular complexity index is 150. The van der Waals surface area contributed by atoms with E-state index in [9.17, 15) is 4.39 Å². The molecule has 0 aliphatic heterocycles. The van der Waals surface area contributed by atoms with Crippen LogP contribution in [0.4, 0.5) is 10.1 Å². The molecule has 0 bridgehead atoms. The Morgan fingerprint density at radius 2 is 2.56 bits per heavy atom. The molecule has 0 saturated heterocycles. The van der Waals surface area contributed by atoms with Crippen LogP contribution in [0.1, 0.15) is 0 Å². The summed E-state index contributed by atoms with van der Waals surface area (Å²) in [5.41, 5.74) is 1.01. The number of nitrogens with one attached hydrogen (secondary N) is 1. The van der Waals surface area contributed by atoms with Crippen molar-refractivity contribution in [3.8, 4) is 0 Å². The van der Waals surface area contributed by atoms with Gasteiger partial charge < -0.3 is 5.32 Å². The Morgan fingerprint density at radius 1 is 1.67 bits per heavy atom. The number of rotatable bonds is 3. The predicted octanol–water partition coefficient (Wildman–Crippen LogP) is 2.13. The summed E-state index contributed by atoms with van der Waals surface area (Å²) in [6.45, 7) is 0.104. The second kappa shape index (κ2) is 3.45. The number of hydrogen-bond acceptors (Lipinski definition) is 2. The van der Waals surface area contributed by atoms with E-state index in [1.165, 1.54) is 0 Å². The summed E-state index contributed by atoms with van der Waals surface area (Å²) in [5, 5.41) is 6.82. The van der Waals surface area contributed by atoms with E-state index in [0.717, 1.165) is 5.69 Å². The van der Waals surface area contributed by atoms with Gasteiger partial charge in [0.15, 0.2) is 0 Å². The maximum atomic E-state index is 11.5. The Balaban J connectivity index is 2.30. The van der Waals surface area contributed by atoms with E-state index in [1.54, 1.807) is 11.3 Å². The maximum Gasteiger partial charge on any atom is 0.107 e. The van der Waals surface area contributed by atoms with Gasteiger partial charge in [0, 0.05) is 17.6 Å². The lowest BCUT2D eigenvalue weighted by Crippen LogP contribution is -2.00. The van der Waals surface area contributed by atoms with E-state index in [4.69, 9.17) is 0 Å². The van der Waals surface area contributed by atoms with Crippen LogP contribution in [0.15, 0.2) is 16.8 Å². The monoisotopic (exact) mass is 145 g/mol. The molecular weight excluding hydrogens is 137 g/mol. The first-order valence-electron chi connectivity index (χ1n) is 2.75. The molecule has 50 valence electrons. The first-order chi connectivity index (χ1) is 4.43. The minimum Gasteiger partial charge on any atom is -0.382 e. The van der Waals surface area contributed by atoms with Crippen molar-refractivity contribution in [3.63, 3.8) is 0 Å². The Kier molecular flexibility index (Phi) is 2.51. The number of thiophene rings is 1. The molecule has 9 heavy (non-hydrogen) atoms. The minimum atomic E-state index is -0.310. The lowest BCUT2D eigenvalue weighted by molar-refractivity contribution is 0.513. The van der Waals surface area contributed by atoms with Crippen LogP contribution >= 0.6 is 11.3 Å². The SMILES string of the molecule is FCCNc1ccsc1. The van der Waals surface area contributed by atoms with E-state index in [-0.39, 0.29) is 6.67 Å². The van der Waals surface area contributed by atoms with Gasteiger partial charge in [0.2, 0.25) is 0 Å². The summed E-state index contributed by atoms with van der Waals surface area (Å²) in [6, 6.07) is 1.93. The fourth-order valence-corrected chi connectivity index (χ4v) is 1.17. The quantitative estimate of drug-likeness (QED) is 0.687. The van der Waals surface area contributed by atoms with Gasteiger partial charge in [-0.3, -0.25) is 0 Å². The first kappa shape index (κ1) is 6.55. The molecule has 0 spiro atoms. The van der Waals surface area contributed by atoms with Gasteiger partial charge in [-0.15, -0.1) is 0 Å². The lowest BCUT2D eigenvalue weighted by Gasteiger charge is -1.96. The van der Waals surface area contributed by atoms with Gasteiger partial charge in [0.05, 0.1) is 0 Å². The van der Waals surface area contributed by atoms with E-state index in [0.29, 0.717) is 6.54 Å². The van der Waals surface area contributed by atoms with Crippen molar-refractivity contribution in [3.05, 3.63) is 16.8 Å². The molecule has 0 saturated carbocycles. The first-order valence-corrected chi connectivity index (χ1v) is 3.70. The van der Waals surface area contributed by atoms with E-state index < -0.39 is 0 Å². The van der Waals surface area contributed by atoms with Crippen molar-refractivity contribution in [2.24, 2.45) is 0 Å². The average Bonchev–Trinajstić information content (AvgIpc) is 2.34. The fourth-order valence-electron chi connectivity index (χ4n) is 0.557. The number of halogens is 1. The van der Waals surface area contributed by atoms with Gasteiger partial charge >= 0.3 is 0 Å². The third kappa shape index (κ3) is 2.01. The average molecular weight is 145 g/mol. The number of alkyl halides is 1. The standard InChI is InChI=1S/C6H8FNS/c7-2-3-8-6-1-4-9-5-6/h1,4-5,8H,2-3H2. The smallest absolute Gasteiger partial charge is 0.107 e. The van der Waals surface area contributed by atoms with Gasteiger partial charge in [-0.25, -0.2) is 4.39 Å². The van der Waals surface area contributed by atoms with Crippen molar-refractivity contribution in [2.45, 2.75) is 0 Å². The van der Waals surface area contributed by atoms with Gasteiger partial charge in [-0.2, -0.15) is 11.3 Å². The molecule has 0 unspecified atom stereocenters. The summed E-state index contributed by atoms with van der Waals surface area (Å²) in [7, 11) is 0. The lowest BCUT2D eigenvalue weighted by atomic mass is 10.5. The van der Waals surface area contributed by atoms with Crippen LogP contribution < -0.4 is 5.32 Å². The van der Waals surface area contributed by atoms with Gasteiger partial charge in [-0.1, -0.05) is 0 Å². The van der Waals surface area contributed by atoms with E-state index in [1.807, 2.05) is 16.8 Å². The third-order valence-electron chi connectivity index (χ3n) is 0.945.